The van der Waals surface area contributed by atoms with Gasteiger partial charge in [-0.3, -0.25) is 4.90 Å². The van der Waals surface area contributed by atoms with E-state index >= 15 is 0 Å². The Balaban J connectivity index is 3.10. The van der Waals surface area contributed by atoms with E-state index in [9.17, 15) is 4.79 Å². The minimum Gasteiger partial charge on any atom is -0.351 e. The zero-order chi connectivity index (χ0) is 11.3. The van der Waals surface area contributed by atoms with Crippen LogP contribution in [0.2, 0.25) is 0 Å². The van der Waals surface area contributed by atoms with Crippen LogP contribution in [-0.2, 0) is 0 Å². The molecule has 0 aliphatic heterocycles. The first kappa shape index (κ1) is 10.8. The number of primary amides is 1. The van der Waals surface area contributed by atoms with Gasteiger partial charge in [-0.1, -0.05) is 30.9 Å². The molecule has 0 aromatic heterocycles. The number of rotatable bonds is 3. The second-order valence-corrected chi connectivity index (χ2v) is 2.85. The van der Waals surface area contributed by atoms with Crippen LogP contribution in [0.3, 0.4) is 0 Å². The molecule has 0 spiro atoms. The molecular formula is C11H11N3O. The molecule has 1 aromatic rings. The Morgan fingerprint density at radius 1 is 1.53 bits per heavy atom. The van der Waals surface area contributed by atoms with Crippen LogP contribution in [0.25, 0.3) is 0 Å². The number of carbonyl (C=O) groups excluding carboxylic acids is 1. The van der Waals surface area contributed by atoms with Crippen molar-refractivity contribution < 1.29 is 4.79 Å². The molecular weight excluding hydrogens is 190 g/mol. The summed E-state index contributed by atoms with van der Waals surface area (Å²) >= 11 is 0. The Kier molecular flexibility index (Phi) is 3.47. The molecule has 0 bridgehead atoms. The molecule has 1 rings (SSSR count). The largest absolute Gasteiger partial charge is 0.351 e. The first-order valence-corrected chi connectivity index (χ1v) is 4.36. The van der Waals surface area contributed by atoms with E-state index in [1.54, 1.807) is 24.3 Å². The van der Waals surface area contributed by atoms with Crippen LogP contribution >= 0.6 is 0 Å². The molecule has 0 fully saturated rings. The van der Waals surface area contributed by atoms with E-state index in [2.05, 4.69) is 6.58 Å². The van der Waals surface area contributed by atoms with Gasteiger partial charge in [0.05, 0.1) is 6.07 Å². The van der Waals surface area contributed by atoms with E-state index in [0.29, 0.717) is 5.69 Å². The van der Waals surface area contributed by atoms with E-state index in [4.69, 9.17) is 11.0 Å². The molecule has 0 aliphatic rings. The molecule has 2 N–H and O–H groups in total. The first-order chi connectivity index (χ1) is 7.20. The highest BCUT2D eigenvalue weighted by Gasteiger charge is 2.19. The molecule has 76 valence electrons. The summed E-state index contributed by atoms with van der Waals surface area (Å²) in [5.41, 5.74) is 5.79. The molecule has 0 heterocycles. The van der Waals surface area contributed by atoms with E-state index in [1.807, 2.05) is 12.1 Å². The summed E-state index contributed by atoms with van der Waals surface area (Å²) in [6.45, 7) is 3.49. The van der Waals surface area contributed by atoms with Crippen LogP contribution in [0.15, 0.2) is 43.0 Å². The highest BCUT2D eigenvalue weighted by atomic mass is 16.2. The summed E-state index contributed by atoms with van der Waals surface area (Å²) in [5.74, 6) is 0. The summed E-state index contributed by atoms with van der Waals surface area (Å²) in [4.78, 5) is 12.4. The maximum absolute atomic E-state index is 11.2. The fraction of sp³-hybridized carbons (Fsp3) is 0.0909. The van der Waals surface area contributed by atoms with Crippen molar-refractivity contribution in [2.24, 2.45) is 5.73 Å². The topological polar surface area (TPSA) is 70.1 Å². The SMILES string of the molecule is C=CC(C#N)N(C(N)=O)c1ccccc1. The molecule has 0 aliphatic carbocycles. The van der Waals surface area contributed by atoms with Crippen molar-refractivity contribution in [1.82, 2.24) is 0 Å². The van der Waals surface area contributed by atoms with Crippen molar-refractivity contribution in [3.8, 4) is 6.07 Å². The van der Waals surface area contributed by atoms with Gasteiger partial charge < -0.3 is 5.73 Å². The normalized spacial score (nSPS) is 11.1. The molecule has 0 saturated heterocycles. The Morgan fingerprint density at radius 3 is 2.53 bits per heavy atom. The van der Waals surface area contributed by atoms with Gasteiger partial charge in [0.2, 0.25) is 0 Å². The number of anilines is 1. The monoisotopic (exact) mass is 201 g/mol. The average Bonchev–Trinajstić information content (AvgIpc) is 2.26. The van der Waals surface area contributed by atoms with Crippen LogP contribution in [0.4, 0.5) is 10.5 Å². The number of carbonyl (C=O) groups is 1. The highest BCUT2D eigenvalue weighted by molar-refractivity contribution is 5.92. The third-order valence-electron chi connectivity index (χ3n) is 1.91. The number of nitrogens with two attached hydrogens (primary N) is 1. The number of amides is 2. The number of hydrogen-bond acceptors (Lipinski definition) is 2. The lowest BCUT2D eigenvalue weighted by Gasteiger charge is -2.22. The summed E-state index contributed by atoms with van der Waals surface area (Å²) in [7, 11) is 0. The summed E-state index contributed by atoms with van der Waals surface area (Å²) in [6.07, 6.45) is 1.37. The summed E-state index contributed by atoms with van der Waals surface area (Å²) < 4.78 is 0. The Labute approximate surface area is 88.2 Å². The van der Waals surface area contributed by atoms with E-state index in [0.717, 1.165) is 0 Å². The molecule has 1 unspecified atom stereocenters. The van der Waals surface area contributed by atoms with Crippen LogP contribution < -0.4 is 10.6 Å². The third-order valence-corrected chi connectivity index (χ3v) is 1.91. The predicted molar refractivity (Wildman–Crippen MR) is 58.1 cm³/mol. The Hall–Kier alpha value is -2.28. The van der Waals surface area contributed by atoms with Crippen molar-refractivity contribution in [3.05, 3.63) is 43.0 Å². The van der Waals surface area contributed by atoms with Gasteiger partial charge in [-0.15, -0.1) is 0 Å². The zero-order valence-electron chi connectivity index (χ0n) is 8.13. The van der Waals surface area contributed by atoms with Crippen molar-refractivity contribution in [1.29, 1.82) is 5.26 Å². The molecule has 4 heteroatoms. The van der Waals surface area contributed by atoms with E-state index < -0.39 is 12.1 Å². The molecule has 15 heavy (non-hydrogen) atoms. The second-order valence-electron chi connectivity index (χ2n) is 2.85. The number of nitrogens with zero attached hydrogens (tertiary/aromatic N) is 2. The lowest BCUT2D eigenvalue weighted by atomic mass is 10.2. The van der Waals surface area contributed by atoms with Crippen molar-refractivity contribution in [3.63, 3.8) is 0 Å². The fourth-order valence-corrected chi connectivity index (χ4v) is 1.23. The minimum atomic E-state index is -0.745. The number of urea groups is 1. The smallest absolute Gasteiger partial charge is 0.320 e. The van der Waals surface area contributed by atoms with Gasteiger partial charge in [-0.25, -0.2) is 4.79 Å². The van der Waals surface area contributed by atoms with Crippen molar-refractivity contribution >= 4 is 11.7 Å². The van der Waals surface area contributed by atoms with Gasteiger partial charge in [0, 0.05) is 5.69 Å². The molecule has 0 saturated carbocycles. The van der Waals surface area contributed by atoms with E-state index in [-0.39, 0.29) is 0 Å². The lowest BCUT2D eigenvalue weighted by Crippen LogP contribution is -2.42. The number of para-hydroxylation sites is 1. The highest BCUT2D eigenvalue weighted by Crippen LogP contribution is 2.16. The third kappa shape index (κ3) is 2.35. The number of hydrogen-bond donors (Lipinski definition) is 1. The van der Waals surface area contributed by atoms with E-state index in [1.165, 1.54) is 11.0 Å². The van der Waals surface area contributed by atoms with Gasteiger partial charge >= 0.3 is 6.03 Å². The molecule has 2 amide bonds. The second kappa shape index (κ2) is 4.82. The average molecular weight is 201 g/mol. The minimum absolute atomic E-state index is 0.580. The summed E-state index contributed by atoms with van der Waals surface area (Å²) in [6, 6.07) is 9.28. The van der Waals surface area contributed by atoms with Gasteiger partial charge in [-0.2, -0.15) is 5.26 Å². The maximum Gasteiger partial charge on any atom is 0.320 e. The van der Waals surface area contributed by atoms with Gasteiger partial charge in [0.25, 0.3) is 0 Å². The number of benzene rings is 1. The number of nitriles is 1. The Morgan fingerprint density at radius 2 is 2.13 bits per heavy atom. The standard InChI is InChI=1S/C11H11N3O/c1-2-9(8-12)14(11(13)15)10-6-4-3-5-7-10/h2-7,9H,1H2,(H2,13,15). The van der Waals surface area contributed by atoms with Crippen LogP contribution in [0.5, 0.6) is 0 Å². The van der Waals surface area contributed by atoms with Crippen molar-refractivity contribution in [2.45, 2.75) is 6.04 Å². The fourth-order valence-electron chi connectivity index (χ4n) is 1.23. The lowest BCUT2D eigenvalue weighted by molar-refractivity contribution is 0.253. The zero-order valence-corrected chi connectivity index (χ0v) is 8.13. The predicted octanol–water partition coefficient (Wildman–Crippen LogP) is 1.65. The molecule has 1 aromatic carbocycles. The van der Waals surface area contributed by atoms with Crippen LogP contribution in [0.1, 0.15) is 0 Å². The van der Waals surface area contributed by atoms with Gasteiger partial charge in [0.1, 0.15) is 6.04 Å². The Bertz CT molecular complexity index is 394. The van der Waals surface area contributed by atoms with Crippen LogP contribution in [-0.4, -0.2) is 12.1 Å². The molecule has 4 nitrogen and oxygen atoms in total. The van der Waals surface area contributed by atoms with Crippen LogP contribution in [0, 0.1) is 11.3 Å². The van der Waals surface area contributed by atoms with Gasteiger partial charge in [0.15, 0.2) is 0 Å². The first-order valence-electron chi connectivity index (χ1n) is 4.36. The molecule has 0 radical (unpaired) electrons. The van der Waals surface area contributed by atoms with Crippen molar-refractivity contribution in [2.75, 3.05) is 4.90 Å². The summed E-state index contributed by atoms with van der Waals surface area (Å²) in [5, 5.41) is 8.84. The molecule has 1 atom stereocenters. The van der Waals surface area contributed by atoms with Gasteiger partial charge in [-0.05, 0) is 12.1 Å². The quantitative estimate of drug-likeness (QED) is 0.755. The maximum atomic E-state index is 11.2.